The molecule has 0 saturated heterocycles. The Morgan fingerprint density at radius 2 is 2.18 bits per heavy atom. The molecule has 7 nitrogen and oxygen atoms in total. The predicted octanol–water partition coefficient (Wildman–Crippen LogP) is 0.271. The molecule has 2 aromatic heterocycles. The number of hydrogen-bond acceptors (Lipinski definition) is 4. The lowest BCUT2D eigenvalue weighted by molar-refractivity contribution is 0.0696. The van der Waals surface area contributed by atoms with Crippen molar-refractivity contribution in [3.63, 3.8) is 0 Å². The zero-order valence-electron chi connectivity index (χ0n) is 9.26. The number of carboxylic acid groups (broad SMARTS) is 1. The molecule has 2 rings (SSSR count). The maximum atomic E-state index is 11.3. The van der Waals surface area contributed by atoms with Crippen molar-refractivity contribution in [2.24, 2.45) is 0 Å². The summed E-state index contributed by atoms with van der Waals surface area (Å²) < 4.78 is 1.29. The van der Waals surface area contributed by atoms with E-state index in [0.29, 0.717) is 11.4 Å². The maximum Gasteiger partial charge on any atom is 0.339 e. The van der Waals surface area contributed by atoms with Crippen LogP contribution in [0.3, 0.4) is 0 Å². The van der Waals surface area contributed by atoms with Gasteiger partial charge >= 0.3 is 5.97 Å². The number of rotatable bonds is 2. The molecule has 2 heterocycles. The quantitative estimate of drug-likeness (QED) is 0.776. The van der Waals surface area contributed by atoms with E-state index in [1.165, 1.54) is 16.9 Å². The standard InChI is InChI=1S/C10H10N4O3/c1-5-3-8(15)13-10(12-5)14-6(2)7(4-11-14)9(16)17/h3-4H,1-2H3,(H,16,17)(H,12,13,15). The molecule has 2 aromatic rings. The van der Waals surface area contributed by atoms with Crippen LogP contribution in [0.15, 0.2) is 17.1 Å². The number of carboxylic acids is 1. The second-order valence-corrected chi connectivity index (χ2v) is 3.57. The monoisotopic (exact) mass is 234 g/mol. The Balaban J connectivity index is 2.61. The van der Waals surface area contributed by atoms with Crippen molar-refractivity contribution in [1.29, 1.82) is 0 Å². The summed E-state index contributed by atoms with van der Waals surface area (Å²) in [6.07, 6.45) is 1.22. The average Bonchev–Trinajstić information content (AvgIpc) is 2.58. The number of carbonyl (C=O) groups is 1. The van der Waals surface area contributed by atoms with Gasteiger partial charge in [-0.1, -0.05) is 0 Å². The van der Waals surface area contributed by atoms with Crippen LogP contribution in [0, 0.1) is 13.8 Å². The molecule has 0 saturated carbocycles. The number of aryl methyl sites for hydroxylation is 1. The van der Waals surface area contributed by atoms with Crippen molar-refractivity contribution < 1.29 is 9.90 Å². The van der Waals surface area contributed by atoms with Gasteiger partial charge in [-0.25, -0.2) is 14.5 Å². The maximum absolute atomic E-state index is 11.3. The van der Waals surface area contributed by atoms with E-state index in [2.05, 4.69) is 15.1 Å². The molecule has 17 heavy (non-hydrogen) atoms. The molecule has 0 bridgehead atoms. The summed E-state index contributed by atoms with van der Waals surface area (Å²) in [6.45, 7) is 3.27. The third-order valence-corrected chi connectivity index (χ3v) is 2.30. The molecule has 0 atom stereocenters. The Kier molecular flexibility index (Phi) is 2.51. The highest BCUT2D eigenvalue weighted by Crippen LogP contribution is 2.10. The highest BCUT2D eigenvalue weighted by Gasteiger charge is 2.15. The zero-order chi connectivity index (χ0) is 12.6. The average molecular weight is 234 g/mol. The minimum absolute atomic E-state index is 0.0779. The summed E-state index contributed by atoms with van der Waals surface area (Å²) in [5.41, 5.74) is 0.718. The van der Waals surface area contributed by atoms with Gasteiger partial charge in [0, 0.05) is 11.8 Å². The van der Waals surface area contributed by atoms with Crippen LogP contribution in [0.25, 0.3) is 5.95 Å². The van der Waals surface area contributed by atoms with E-state index in [1.807, 2.05) is 0 Å². The van der Waals surface area contributed by atoms with Crippen molar-refractivity contribution in [3.8, 4) is 5.95 Å². The van der Waals surface area contributed by atoms with E-state index < -0.39 is 5.97 Å². The van der Waals surface area contributed by atoms with Crippen molar-refractivity contribution in [1.82, 2.24) is 19.7 Å². The fraction of sp³-hybridized carbons (Fsp3) is 0.200. The van der Waals surface area contributed by atoms with E-state index in [0.717, 1.165) is 0 Å². The Hall–Kier alpha value is -2.44. The molecule has 0 aliphatic rings. The van der Waals surface area contributed by atoms with Gasteiger partial charge in [-0.15, -0.1) is 0 Å². The molecular weight excluding hydrogens is 224 g/mol. The first-order chi connectivity index (χ1) is 7.99. The van der Waals surface area contributed by atoms with Crippen molar-refractivity contribution >= 4 is 5.97 Å². The number of aromatic nitrogens is 4. The second kappa shape index (κ2) is 3.85. The van der Waals surface area contributed by atoms with Gasteiger partial charge in [-0.05, 0) is 13.8 Å². The summed E-state index contributed by atoms with van der Waals surface area (Å²) in [5.74, 6) is -0.858. The summed E-state index contributed by atoms with van der Waals surface area (Å²) in [5, 5.41) is 12.8. The Labute approximate surface area is 95.7 Å². The third-order valence-electron chi connectivity index (χ3n) is 2.30. The van der Waals surface area contributed by atoms with Crippen molar-refractivity contribution in [3.05, 3.63) is 39.6 Å². The Morgan fingerprint density at radius 3 is 2.71 bits per heavy atom. The number of aromatic amines is 1. The third kappa shape index (κ3) is 1.94. The van der Waals surface area contributed by atoms with Crippen LogP contribution < -0.4 is 5.56 Å². The molecule has 0 fully saturated rings. The number of nitrogens with one attached hydrogen (secondary N) is 1. The smallest absolute Gasteiger partial charge is 0.339 e. The van der Waals surface area contributed by atoms with Crippen LogP contribution in [-0.2, 0) is 0 Å². The highest BCUT2D eigenvalue weighted by molar-refractivity contribution is 5.88. The van der Waals surface area contributed by atoms with Gasteiger partial charge < -0.3 is 5.11 Å². The second-order valence-electron chi connectivity index (χ2n) is 3.57. The van der Waals surface area contributed by atoms with Gasteiger partial charge in [-0.3, -0.25) is 9.78 Å². The van der Waals surface area contributed by atoms with Gasteiger partial charge in [0.25, 0.3) is 5.56 Å². The zero-order valence-corrected chi connectivity index (χ0v) is 9.26. The molecule has 2 N–H and O–H groups in total. The Morgan fingerprint density at radius 1 is 1.47 bits per heavy atom. The van der Waals surface area contributed by atoms with Crippen LogP contribution in [-0.4, -0.2) is 30.8 Å². The fourth-order valence-electron chi connectivity index (χ4n) is 1.50. The predicted molar refractivity (Wildman–Crippen MR) is 58.4 cm³/mol. The first-order valence-corrected chi connectivity index (χ1v) is 4.85. The van der Waals surface area contributed by atoms with Gasteiger partial charge in [0.15, 0.2) is 0 Å². The molecular formula is C10H10N4O3. The summed E-state index contributed by atoms with van der Waals surface area (Å²) in [7, 11) is 0. The summed E-state index contributed by atoms with van der Waals surface area (Å²) in [4.78, 5) is 28.7. The lowest BCUT2D eigenvalue weighted by Crippen LogP contribution is -2.15. The largest absolute Gasteiger partial charge is 0.478 e. The summed E-state index contributed by atoms with van der Waals surface area (Å²) >= 11 is 0. The minimum atomic E-state index is -1.07. The van der Waals surface area contributed by atoms with Gasteiger partial charge in [-0.2, -0.15) is 5.10 Å². The molecule has 0 unspecified atom stereocenters. The first kappa shape index (κ1) is 11.1. The number of H-pyrrole nitrogens is 1. The Bertz CT molecular complexity index is 641. The van der Waals surface area contributed by atoms with Gasteiger partial charge in [0.1, 0.15) is 5.56 Å². The van der Waals surface area contributed by atoms with Gasteiger partial charge in [0.2, 0.25) is 5.95 Å². The number of hydrogen-bond donors (Lipinski definition) is 2. The normalized spacial score (nSPS) is 10.5. The minimum Gasteiger partial charge on any atom is -0.478 e. The van der Waals surface area contributed by atoms with E-state index in [-0.39, 0.29) is 17.1 Å². The highest BCUT2D eigenvalue weighted by atomic mass is 16.4. The van der Waals surface area contributed by atoms with Crippen LogP contribution in [0.2, 0.25) is 0 Å². The molecule has 0 amide bonds. The van der Waals surface area contributed by atoms with Crippen LogP contribution in [0.4, 0.5) is 0 Å². The van der Waals surface area contributed by atoms with E-state index >= 15 is 0 Å². The van der Waals surface area contributed by atoms with Crippen LogP contribution in [0.1, 0.15) is 21.7 Å². The number of aromatic carboxylic acids is 1. The summed E-state index contributed by atoms with van der Waals surface area (Å²) in [6, 6.07) is 1.35. The van der Waals surface area contributed by atoms with Crippen LogP contribution in [0.5, 0.6) is 0 Å². The molecule has 0 spiro atoms. The molecule has 0 aliphatic carbocycles. The van der Waals surface area contributed by atoms with Crippen molar-refractivity contribution in [2.75, 3.05) is 0 Å². The van der Waals surface area contributed by atoms with Crippen LogP contribution >= 0.6 is 0 Å². The molecule has 0 radical (unpaired) electrons. The van der Waals surface area contributed by atoms with E-state index in [9.17, 15) is 9.59 Å². The fourth-order valence-corrected chi connectivity index (χ4v) is 1.50. The molecule has 0 aromatic carbocycles. The molecule has 0 aliphatic heterocycles. The SMILES string of the molecule is Cc1cc(=O)[nH]c(-n2ncc(C(=O)O)c2C)n1. The first-order valence-electron chi connectivity index (χ1n) is 4.85. The molecule has 88 valence electrons. The van der Waals surface area contributed by atoms with Gasteiger partial charge in [0.05, 0.1) is 11.9 Å². The molecule has 7 heteroatoms. The van der Waals surface area contributed by atoms with E-state index in [4.69, 9.17) is 5.11 Å². The lowest BCUT2D eigenvalue weighted by atomic mass is 10.3. The van der Waals surface area contributed by atoms with Crippen molar-refractivity contribution in [2.45, 2.75) is 13.8 Å². The lowest BCUT2D eigenvalue weighted by Gasteiger charge is -2.03. The topological polar surface area (TPSA) is 101 Å². The number of nitrogens with zero attached hydrogens (tertiary/aromatic N) is 3. The van der Waals surface area contributed by atoms with E-state index in [1.54, 1.807) is 13.8 Å².